The maximum atomic E-state index is 14.1. The number of ether oxygens (including phenoxy) is 1. The summed E-state index contributed by atoms with van der Waals surface area (Å²) in [4.78, 5) is 26.6. The van der Waals surface area contributed by atoms with Crippen molar-refractivity contribution in [1.82, 2.24) is 19.6 Å². The Morgan fingerprint density at radius 3 is 2.60 bits per heavy atom. The lowest BCUT2D eigenvalue weighted by atomic mass is 10.0. The number of aryl methyl sites for hydroxylation is 1. The van der Waals surface area contributed by atoms with Crippen molar-refractivity contribution in [3.63, 3.8) is 0 Å². The van der Waals surface area contributed by atoms with Gasteiger partial charge in [0.05, 0.1) is 42.1 Å². The molecule has 0 aliphatic carbocycles. The first-order valence-corrected chi connectivity index (χ1v) is 11.6. The van der Waals surface area contributed by atoms with Crippen LogP contribution >= 0.6 is 0 Å². The van der Waals surface area contributed by atoms with Gasteiger partial charge in [0.25, 0.3) is 5.69 Å². The van der Waals surface area contributed by atoms with Gasteiger partial charge < -0.3 is 14.1 Å². The fourth-order valence-corrected chi connectivity index (χ4v) is 4.24. The largest absolute Gasteiger partial charge is 0.437 e. The number of carbonyl (C=O) groups excluding carboxylic acids is 1. The van der Waals surface area contributed by atoms with E-state index in [0.29, 0.717) is 23.4 Å². The molecule has 0 bridgehead atoms. The molecule has 3 heterocycles. The molecule has 0 N–H and O–H groups in total. The van der Waals surface area contributed by atoms with Crippen LogP contribution in [0.2, 0.25) is 0 Å². The first kappa shape index (κ1) is 26.7. The highest BCUT2D eigenvalue weighted by atomic mass is 19.4. The smallest absolute Gasteiger partial charge is 0.369 e. The van der Waals surface area contributed by atoms with E-state index in [1.165, 1.54) is 28.9 Å². The number of nitro benzene ring substituents is 1. The molecule has 2 aromatic heterocycles. The number of halogens is 4. The first-order valence-electron chi connectivity index (χ1n) is 11.6. The van der Waals surface area contributed by atoms with E-state index in [9.17, 15) is 32.5 Å². The van der Waals surface area contributed by atoms with Gasteiger partial charge in [0, 0.05) is 35.6 Å². The second-order valence-corrected chi connectivity index (χ2v) is 8.78. The van der Waals surface area contributed by atoms with Crippen molar-refractivity contribution in [3.8, 4) is 0 Å². The van der Waals surface area contributed by atoms with Gasteiger partial charge in [-0.15, -0.1) is 5.10 Å². The molecular weight excluding hydrogens is 540 g/mol. The topological polar surface area (TPSA) is 127 Å². The maximum absolute atomic E-state index is 14.1. The Balaban J connectivity index is 1.37. The highest BCUT2D eigenvalue weighted by molar-refractivity contribution is 6.27. The van der Waals surface area contributed by atoms with E-state index in [0.717, 1.165) is 17.7 Å². The molecule has 15 heteroatoms. The van der Waals surface area contributed by atoms with Crippen molar-refractivity contribution in [2.75, 3.05) is 0 Å². The summed E-state index contributed by atoms with van der Waals surface area (Å²) in [6.07, 6.45) is -2.35. The SMILES string of the molecule is Cn1c(COCc2cn(Cc3ccc([N+](=O)[O-])cc3)nn2)c(/C=C2/C(=O)ON=C2C(F)(F)F)c2cc(F)ccc21. The Hall–Kier alpha value is -4.92. The second kappa shape index (κ2) is 10.3. The van der Waals surface area contributed by atoms with Crippen LogP contribution in [-0.2, 0) is 41.2 Å². The highest BCUT2D eigenvalue weighted by Crippen LogP contribution is 2.33. The zero-order valence-corrected chi connectivity index (χ0v) is 20.6. The van der Waals surface area contributed by atoms with Gasteiger partial charge in [-0.2, -0.15) is 13.2 Å². The number of hydrogen-bond acceptors (Lipinski definition) is 8. The summed E-state index contributed by atoms with van der Waals surface area (Å²) in [7, 11) is 1.63. The predicted molar refractivity (Wildman–Crippen MR) is 131 cm³/mol. The minimum atomic E-state index is -4.94. The lowest BCUT2D eigenvalue weighted by Gasteiger charge is -2.08. The van der Waals surface area contributed by atoms with Gasteiger partial charge in [-0.25, -0.2) is 13.9 Å². The van der Waals surface area contributed by atoms with E-state index in [1.54, 1.807) is 29.9 Å². The van der Waals surface area contributed by atoms with Crippen LogP contribution < -0.4 is 0 Å². The molecule has 1 aliphatic rings. The molecule has 0 spiro atoms. The Morgan fingerprint density at radius 2 is 1.90 bits per heavy atom. The number of alkyl halides is 3. The van der Waals surface area contributed by atoms with Crippen LogP contribution in [0.3, 0.4) is 0 Å². The Kier molecular flexibility index (Phi) is 6.89. The summed E-state index contributed by atoms with van der Waals surface area (Å²) in [6.45, 7) is 0.148. The molecule has 0 saturated heterocycles. The summed E-state index contributed by atoms with van der Waals surface area (Å²) >= 11 is 0. The van der Waals surface area contributed by atoms with Crippen molar-refractivity contribution in [2.24, 2.45) is 12.2 Å². The monoisotopic (exact) mass is 558 g/mol. The number of rotatable bonds is 8. The van der Waals surface area contributed by atoms with Gasteiger partial charge in [0.1, 0.15) is 11.5 Å². The summed E-state index contributed by atoms with van der Waals surface area (Å²) < 4.78 is 63.3. The van der Waals surface area contributed by atoms with Crippen molar-refractivity contribution in [1.29, 1.82) is 0 Å². The number of nitro groups is 1. The van der Waals surface area contributed by atoms with E-state index in [2.05, 4.69) is 20.3 Å². The van der Waals surface area contributed by atoms with Crippen LogP contribution in [0, 0.1) is 15.9 Å². The molecule has 206 valence electrons. The highest BCUT2D eigenvalue weighted by Gasteiger charge is 2.45. The molecule has 0 fully saturated rings. The molecule has 0 amide bonds. The zero-order chi connectivity index (χ0) is 28.6. The lowest BCUT2D eigenvalue weighted by molar-refractivity contribution is -0.384. The molecule has 0 atom stereocenters. The van der Waals surface area contributed by atoms with E-state index >= 15 is 0 Å². The Bertz CT molecular complexity index is 1690. The summed E-state index contributed by atoms with van der Waals surface area (Å²) in [5.41, 5.74) is -0.112. The third kappa shape index (κ3) is 5.31. The molecule has 5 rings (SSSR count). The molecule has 4 aromatic rings. The maximum Gasteiger partial charge on any atom is 0.437 e. The van der Waals surface area contributed by atoms with E-state index < -0.39 is 34.2 Å². The zero-order valence-electron chi connectivity index (χ0n) is 20.6. The Labute approximate surface area is 222 Å². The number of fused-ring (bicyclic) bond motifs is 1. The van der Waals surface area contributed by atoms with Crippen LogP contribution in [0.15, 0.2) is 59.4 Å². The van der Waals surface area contributed by atoms with E-state index in [4.69, 9.17) is 4.74 Å². The Morgan fingerprint density at radius 1 is 1.15 bits per heavy atom. The molecule has 40 heavy (non-hydrogen) atoms. The van der Waals surface area contributed by atoms with Crippen LogP contribution in [0.5, 0.6) is 0 Å². The molecule has 11 nitrogen and oxygen atoms in total. The van der Waals surface area contributed by atoms with Crippen molar-refractivity contribution >= 4 is 34.3 Å². The van der Waals surface area contributed by atoms with E-state index in [-0.39, 0.29) is 29.9 Å². The number of carbonyl (C=O) groups is 1. The number of nitrogens with zero attached hydrogens (tertiary/aromatic N) is 6. The van der Waals surface area contributed by atoms with Crippen molar-refractivity contribution in [3.05, 3.63) is 92.7 Å². The third-order valence-electron chi connectivity index (χ3n) is 6.14. The summed E-state index contributed by atoms with van der Waals surface area (Å²) in [5.74, 6) is -1.90. The van der Waals surface area contributed by atoms with Crippen molar-refractivity contribution < 1.29 is 36.9 Å². The number of benzene rings is 2. The van der Waals surface area contributed by atoms with Gasteiger partial charge in [0.2, 0.25) is 0 Å². The predicted octanol–water partition coefficient (Wildman–Crippen LogP) is 4.44. The normalized spacial score (nSPS) is 14.7. The fourth-order valence-electron chi connectivity index (χ4n) is 4.24. The standard InChI is InChI=1S/C25H18F4N6O5/c1-33-21-7-4-15(26)8-18(21)19(9-20-23(25(27,28)29)31-40-24(20)36)22(33)13-39-12-16-11-34(32-30-16)10-14-2-5-17(6-3-14)35(37)38/h2-9,11H,10,12-13H2,1H3/b20-9+. The van der Waals surface area contributed by atoms with E-state index in [1.807, 2.05) is 0 Å². The van der Waals surface area contributed by atoms with Crippen molar-refractivity contribution in [2.45, 2.75) is 25.9 Å². The van der Waals surface area contributed by atoms with Gasteiger partial charge in [-0.1, -0.05) is 22.5 Å². The van der Waals surface area contributed by atoms with Gasteiger partial charge in [-0.3, -0.25) is 10.1 Å². The quantitative estimate of drug-likeness (QED) is 0.103. The fraction of sp³-hybridized carbons (Fsp3) is 0.200. The molecule has 1 aliphatic heterocycles. The number of aromatic nitrogens is 4. The van der Waals surface area contributed by atoms with Crippen LogP contribution in [-0.4, -0.2) is 42.3 Å². The first-order chi connectivity index (χ1) is 19.0. The number of hydrogen-bond donors (Lipinski definition) is 0. The summed E-state index contributed by atoms with van der Waals surface area (Å²) in [6, 6.07) is 9.79. The molecule has 0 radical (unpaired) electrons. The minimum Gasteiger partial charge on any atom is -0.369 e. The summed E-state index contributed by atoms with van der Waals surface area (Å²) in [5, 5.41) is 22.0. The second-order valence-electron chi connectivity index (χ2n) is 8.78. The third-order valence-corrected chi connectivity index (χ3v) is 6.14. The average Bonchev–Trinajstić information content (AvgIpc) is 3.57. The molecule has 0 unspecified atom stereocenters. The average molecular weight is 558 g/mol. The molecular formula is C25H18F4N6O5. The lowest BCUT2D eigenvalue weighted by Crippen LogP contribution is -2.24. The molecule has 2 aromatic carbocycles. The van der Waals surface area contributed by atoms with Crippen LogP contribution in [0.4, 0.5) is 23.2 Å². The van der Waals surface area contributed by atoms with Gasteiger partial charge in [0.15, 0.2) is 5.71 Å². The van der Waals surface area contributed by atoms with Gasteiger partial charge in [-0.05, 0) is 29.8 Å². The number of non-ortho nitro benzene ring substituents is 1. The van der Waals surface area contributed by atoms with Gasteiger partial charge >= 0.3 is 12.1 Å². The minimum absolute atomic E-state index is 0.0243. The van der Waals surface area contributed by atoms with Crippen LogP contribution in [0.1, 0.15) is 22.5 Å². The number of oxime groups is 1. The van der Waals surface area contributed by atoms with Crippen LogP contribution in [0.25, 0.3) is 17.0 Å². The molecule has 0 saturated carbocycles.